The molecule has 1 aromatic heterocycles. The van der Waals surface area contributed by atoms with E-state index in [-0.39, 0.29) is 17.3 Å². The summed E-state index contributed by atoms with van der Waals surface area (Å²) < 4.78 is 43.2. The number of anilines is 2. The predicted octanol–water partition coefficient (Wildman–Crippen LogP) is 4.33. The lowest BCUT2D eigenvalue weighted by Gasteiger charge is -2.12. The Morgan fingerprint density at radius 3 is 2.52 bits per heavy atom. The maximum absolute atomic E-state index is 12.8. The van der Waals surface area contributed by atoms with Gasteiger partial charge in [-0.05, 0) is 12.1 Å². The summed E-state index contributed by atoms with van der Waals surface area (Å²) in [7, 11) is 0. The summed E-state index contributed by atoms with van der Waals surface area (Å²) in [5.41, 5.74) is -2.14. The normalized spacial score (nSPS) is 11.1. The molecule has 7 nitrogen and oxygen atoms in total. The van der Waals surface area contributed by atoms with Gasteiger partial charge >= 0.3 is 12.1 Å². The van der Waals surface area contributed by atoms with Crippen molar-refractivity contribution in [2.24, 2.45) is 0 Å². The molecule has 0 atom stereocenters. The largest absolute Gasteiger partial charge is 0.418 e. The van der Waals surface area contributed by atoms with Gasteiger partial charge in [0.15, 0.2) is 0 Å². The number of benzene rings is 1. The van der Waals surface area contributed by atoms with Crippen LogP contribution in [-0.2, 0) is 11.0 Å². The molecule has 1 N–H and O–H groups in total. The van der Waals surface area contributed by atoms with Crippen LogP contribution in [0.15, 0.2) is 30.5 Å². The Bertz CT molecular complexity index is 825. The van der Waals surface area contributed by atoms with Gasteiger partial charge in [-0.1, -0.05) is 11.6 Å². The third kappa shape index (κ3) is 4.57. The van der Waals surface area contributed by atoms with Crippen LogP contribution in [0.5, 0.6) is 5.88 Å². The number of nitrogens with one attached hydrogen (secondary N) is 1. The fraction of sp³-hybridized carbons (Fsp3) is 0.143. The summed E-state index contributed by atoms with van der Waals surface area (Å²) in [6.45, 7) is 1.18. The fourth-order valence-corrected chi connectivity index (χ4v) is 2.12. The van der Waals surface area contributed by atoms with E-state index in [4.69, 9.17) is 16.3 Å². The van der Waals surface area contributed by atoms with Crippen LogP contribution >= 0.6 is 11.6 Å². The van der Waals surface area contributed by atoms with Crippen molar-refractivity contribution < 1.29 is 27.6 Å². The molecule has 0 aliphatic heterocycles. The second-order valence-electron chi connectivity index (χ2n) is 4.71. The van der Waals surface area contributed by atoms with Gasteiger partial charge in [0.05, 0.1) is 27.4 Å². The first-order valence-corrected chi connectivity index (χ1v) is 6.92. The Hall–Kier alpha value is -2.88. The minimum absolute atomic E-state index is 0.00185. The Kier molecular flexibility index (Phi) is 5.12. The molecule has 0 unspecified atom stereocenters. The highest BCUT2D eigenvalue weighted by Crippen LogP contribution is 2.41. The Morgan fingerprint density at radius 2 is 2.04 bits per heavy atom. The van der Waals surface area contributed by atoms with Crippen molar-refractivity contribution in [3.63, 3.8) is 0 Å². The Morgan fingerprint density at radius 1 is 1.36 bits per heavy atom. The number of pyridine rings is 1. The number of halogens is 4. The predicted molar refractivity (Wildman–Crippen MR) is 81.9 cm³/mol. The monoisotopic (exact) mass is 375 g/mol. The summed E-state index contributed by atoms with van der Waals surface area (Å²) in [4.78, 5) is 24.7. The van der Waals surface area contributed by atoms with Gasteiger partial charge in [0.2, 0.25) is 5.88 Å². The lowest BCUT2D eigenvalue weighted by Crippen LogP contribution is -2.08. The molecule has 0 spiro atoms. The van der Waals surface area contributed by atoms with E-state index < -0.39 is 33.3 Å². The van der Waals surface area contributed by atoms with Crippen molar-refractivity contribution in [3.8, 4) is 5.88 Å². The van der Waals surface area contributed by atoms with Crippen molar-refractivity contribution in [2.75, 3.05) is 5.32 Å². The maximum atomic E-state index is 12.8. The molecule has 25 heavy (non-hydrogen) atoms. The van der Waals surface area contributed by atoms with Crippen LogP contribution in [0.2, 0.25) is 5.02 Å². The topological polar surface area (TPSA) is 94.4 Å². The van der Waals surface area contributed by atoms with Gasteiger partial charge in [-0.15, -0.1) is 0 Å². The van der Waals surface area contributed by atoms with Crippen LogP contribution in [0, 0.1) is 10.1 Å². The van der Waals surface area contributed by atoms with Crippen LogP contribution < -0.4 is 10.1 Å². The van der Waals surface area contributed by atoms with E-state index in [1.807, 2.05) is 0 Å². The molecule has 0 saturated heterocycles. The summed E-state index contributed by atoms with van der Waals surface area (Å²) in [5, 5.41) is 12.9. The first-order chi connectivity index (χ1) is 11.6. The quantitative estimate of drug-likeness (QED) is 0.485. The number of ether oxygens (including phenoxy) is 1. The zero-order valence-corrected chi connectivity index (χ0v) is 13.2. The minimum atomic E-state index is -4.83. The first kappa shape index (κ1) is 18.5. The fourth-order valence-electron chi connectivity index (χ4n) is 1.85. The number of nitrogens with zero attached hydrogens (tertiary/aromatic N) is 2. The van der Waals surface area contributed by atoms with Crippen LogP contribution in [0.3, 0.4) is 0 Å². The average molecular weight is 376 g/mol. The second kappa shape index (κ2) is 6.93. The van der Waals surface area contributed by atoms with Crippen molar-refractivity contribution in [1.29, 1.82) is 0 Å². The number of rotatable bonds is 4. The van der Waals surface area contributed by atoms with Gasteiger partial charge in [0.1, 0.15) is 5.69 Å². The molecule has 0 aliphatic carbocycles. The number of alkyl halides is 3. The van der Waals surface area contributed by atoms with E-state index in [0.717, 1.165) is 6.07 Å². The van der Waals surface area contributed by atoms with Gasteiger partial charge in [-0.2, -0.15) is 13.2 Å². The highest BCUT2D eigenvalue weighted by atomic mass is 35.5. The molecule has 2 aromatic rings. The van der Waals surface area contributed by atoms with E-state index in [1.54, 1.807) is 0 Å². The van der Waals surface area contributed by atoms with Crippen molar-refractivity contribution >= 4 is 34.6 Å². The van der Waals surface area contributed by atoms with Gasteiger partial charge in [0.25, 0.3) is 5.69 Å². The lowest BCUT2D eigenvalue weighted by molar-refractivity contribution is -0.384. The van der Waals surface area contributed by atoms with E-state index in [2.05, 4.69) is 10.3 Å². The molecule has 0 fully saturated rings. The van der Waals surface area contributed by atoms with E-state index in [1.165, 1.54) is 25.3 Å². The zero-order chi connectivity index (χ0) is 18.8. The molecule has 1 aromatic carbocycles. The lowest BCUT2D eigenvalue weighted by atomic mass is 10.1. The van der Waals surface area contributed by atoms with Gasteiger partial charge in [-0.25, -0.2) is 4.98 Å². The van der Waals surface area contributed by atoms with Crippen molar-refractivity contribution in [2.45, 2.75) is 13.1 Å². The number of esters is 1. The molecular weight excluding hydrogens is 367 g/mol. The molecule has 0 amide bonds. The summed E-state index contributed by atoms with van der Waals surface area (Å²) in [6, 6.07) is 3.84. The highest BCUT2D eigenvalue weighted by molar-refractivity contribution is 6.31. The molecule has 1 heterocycles. The summed E-state index contributed by atoms with van der Waals surface area (Å²) in [5.74, 6) is -0.587. The summed E-state index contributed by atoms with van der Waals surface area (Å²) >= 11 is 5.58. The molecule has 0 bridgehead atoms. The number of nitro groups is 1. The molecule has 0 aliphatic rings. The van der Waals surface area contributed by atoms with Crippen molar-refractivity contribution in [3.05, 3.63) is 51.2 Å². The van der Waals surface area contributed by atoms with Crippen LogP contribution in [-0.4, -0.2) is 15.9 Å². The second-order valence-corrected chi connectivity index (χ2v) is 5.12. The third-order valence-corrected chi connectivity index (χ3v) is 3.16. The zero-order valence-electron chi connectivity index (χ0n) is 12.4. The summed E-state index contributed by atoms with van der Waals surface area (Å²) in [6.07, 6.45) is -3.64. The van der Waals surface area contributed by atoms with Gasteiger partial charge in [0, 0.05) is 19.1 Å². The maximum Gasteiger partial charge on any atom is 0.418 e. The average Bonchev–Trinajstić information content (AvgIpc) is 2.47. The Labute approximate surface area is 143 Å². The van der Waals surface area contributed by atoms with E-state index in [0.29, 0.717) is 6.07 Å². The number of hydrogen-bond acceptors (Lipinski definition) is 6. The van der Waals surface area contributed by atoms with Gasteiger partial charge in [-0.3, -0.25) is 14.9 Å². The third-order valence-electron chi connectivity index (χ3n) is 2.85. The number of aromatic nitrogens is 1. The van der Waals surface area contributed by atoms with Crippen LogP contribution in [0.25, 0.3) is 0 Å². The van der Waals surface area contributed by atoms with Crippen LogP contribution in [0.4, 0.5) is 30.2 Å². The molecule has 0 saturated carbocycles. The minimum Gasteiger partial charge on any atom is -0.408 e. The molecule has 132 valence electrons. The molecule has 2 rings (SSSR count). The number of nitro benzene ring substituents is 1. The standard InChI is InChI=1S/C14H9ClF3N3O4/c1-7(22)25-13-3-2-8(6-19-13)20-11-5-10(15)9(14(16,17)18)4-12(11)21(23)24/h2-6,20H,1H3. The van der Waals surface area contributed by atoms with E-state index in [9.17, 15) is 28.1 Å². The van der Waals surface area contributed by atoms with Crippen molar-refractivity contribution in [1.82, 2.24) is 4.98 Å². The Balaban J connectivity index is 2.37. The number of carbonyl (C=O) groups excluding carboxylic acids is 1. The van der Waals surface area contributed by atoms with Crippen LogP contribution in [0.1, 0.15) is 12.5 Å². The molecule has 0 radical (unpaired) electrons. The SMILES string of the molecule is CC(=O)Oc1ccc(Nc2cc(Cl)c(C(F)(F)F)cc2[N+](=O)[O-])cn1. The molecule has 11 heteroatoms. The molecular formula is C14H9ClF3N3O4. The van der Waals surface area contributed by atoms with E-state index >= 15 is 0 Å². The number of carbonyl (C=O) groups is 1. The number of hydrogen-bond donors (Lipinski definition) is 1. The van der Waals surface area contributed by atoms with Gasteiger partial charge < -0.3 is 10.1 Å². The first-order valence-electron chi connectivity index (χ1n) is 6.54. The highest BCUT2D eigenvalue weighted by Gasteiger charge is 2.36. The smallest absolute Gasteiger partial charge is 0.408 e.